The summed E-state index contributed by atoms with van der Waals surface area (Å²) in [5.74, 6) is 4.57. The second-order valence-electron chi connectivity index (χ2n) is 9.31. The summed E-state index contributed by atoms with van der Waals surface area (Å²) in [4.78, 5) is 0. The van der Waals surface area contributed by atoms with Gasteiger partial charge in [-0.25, -0.2) is 4.39 Å². The maximum atomic E-state index is 13.1. The van der Waals surface area contributed by atoms with Crippen molar-refractivity contribution in [2.24, 2.45) is 23.2 Å². The third-order valence-corrected chi connectivity index (χ3v) is 8.12. The van der Waals surface area contributed by atoms with Gasteiger partial charge in [-0.3, -0.25) is 0 Å². The first-order valence-electron chi connectivity index (χ1n) is 10.5. The Labute approximate surface area is 170 Å². The quantitative estimate of drug-likeness (QED) is 0.446. The van der Waals surface area contributed by atoms with Gasteiger partial charge in [-0.05, 0) is 79.4 Å². The van der Waals surface area contributed by atoms with Crippen molar-refractivity contribution in [3.05, 3.63) is 54.1 Å². The van der Waals surface area contributed by atoms with Crippen LogP contribution in [0.1, 0.15) is 49.9 Å². The van der Waals surface area contributed by atoms with Crippen LogP contribution in [-0.2, 0) is 18.7 Å². The van der Waals surface area contributed by atoms with E-state index in [1.807, 2.05) is 18.2 Å². The zero-order valence-corrected chi connectivity index (χ0v) is 17.1. The Kier molecular flexibility index (Phi) is 4.82. The Balaban J connectivity index is 1.34. The molecule has 0 N–H and O–H groups in total. The molecular weight excluding hydrogens is 369 g/mol. The summed E-state index contributed by atoms with van der Waals surface area (Å²) in [6.07, 6.45) is 11.6. The van der Waals surface area contributed by atoms with E-state index in [1.54, 1.807) is 11.8 Å². The molecule has 4 aliphatic rings. The summed E-state index contributed by atoms with van der Waals surface area (Å²) in [7, 11) is 0. The Morgan fingerprint density at radius 3 is 2.32 bits per heavy atom. The van der Waals surface area contributed by atoms with Crippen molar-refractivity contribution in [3.63, 3.8) is 0 Å². The number of nitrogens with zero attached hydrogens (tertiary/aromatic N) is 3. The Bertz CT molecular complexity index is 822. The van der Waals surface area contributed by atoms with E-state index in [-0.39, 0.29) is 5.82 Å². The SMILES string of the molecule is C=CCn1c(CC23CC4CC(CC(C4)C2)C3)nnc1SCc1ccc(F)cc1. The second kappa shape index (κ2) is 7.33. The molecule has 0 atom stereocenters. The van der Waals surface area contributed by atoms with Gasteiger partial charge < -0.3 is 4.57 Å². The van der Waals surface area contributed by atoms with Crippen molar-refractivity contribution in [2.75, 3.05) is 0 Å². The maximum Gasteiger partial charge on any atom is 0.191 e. The number of rotatable bonds is 7. The molecule has 1 aromatic carbocycles. The summed E-state index contributed by atoms with van der Waals surface area (Å²) in [6, 6.07) is 6.71. The number of aromatic nitrogens is 3. The number of hydrogen-bond acceptors (Lipinski definition) is 3. The van der Waals surface area contributed by atoms with E-state index in [1.165, 1.54) is 50.7 Å². The predicted molar refractivity (Wildman–Crippen MR) is 110 cm³/mol. The molecule has 0 unspecified atom stereocenters. The summed E-state index contributed by atoms with van der Waals surface area (Å²) < 4.78 is 15.4. The summed E-state index contributed by atoms with van der Waals surface area (Å²) >= 11 is 1.68. The highest BCUT2D eigenvalue weighted by molar-refractivity contribution is 7.98. The number of allylic oxidation sites excluding steroid dienone is 1. The standard InChI is InChI=1S/C23H28FN3S/c1-2-7-27-21(14-23-11-17-8-18(12-23)10-19(9-17)13-23)25-26-22(27)28-15-16-3-5-20(24)6-4-16/h2-6,17-19H,1,7-15H2. The molecule has 3 nitrogen and oxygen atoms in total. The Hall–Kier alpha value is -1.62. The van der Waals surface area contributed by atoms with Crippen LogP contribution in [0, 0.1) is 29.0 Å². The van der Waals surface area contributed by atoms with Gasteiger partial charge in [0.05, 0.1) is 0 Å². The molecule has 28 heavy (non-hydrogen) atoms. The molecule has 0 amide bonds. The third kappa shape index (κ3) is 3.54. The van der Waals surface area contributed by atoms with Crippen LogP contribution in [0.3, 0.4) is 0 Å². The molecule has 0 spiro atoms. The van der Waals surface area contributed by atoms with Crippen LogP contribution < -0.4 is 0 Å². The van der Waals surface area contributed by atoms with Crippen molar-refractivity contribution in [1.82, 2.24) is 14.8 Å². The highest BCUT2D eigenvalue weighted by atomic mass is 32.2. The average molecular weight is 398 g/mol. The maximum absolute atomic E-state index is 13.1. The molecule has 0 aliphatic heterocycles. The van der Waals surface area contributed by atoms with Crippen molar-refractivity contribution in [2.45, 2.75) is 62.4 Å². The monoisotopic (exact) mass is 397 g/mol. The molecule has 0 saturated heterocycles. The zero-order valence-electron chi connectivity index (χ0n) is 16.3. The van der Waals surface area contributed by atoms with Gasteiger partial charge in [-0.1, -0.05) is 30.0 Å². The van der Waals surface area contributed by atoms with Crippen LogP contribution in [0.5, 0.6) is 0 Å². The fourth-order valence-corrected chi connectivity index (χ4v) is 7.36. The van der Waals surface area contributed by atoms with E-state index < -0.39 is 0 Å². The third-order valence-electron chi connectivity index (χ3n) is 7.08. The Morgan fingerprint density at radius 1 is 1.07 bits per heavy atom. The fraction of sp³-hybridized carbons (Fsp3) is 0.565. The van der Waals surface area contributed by atoms with E-state index in [2.05, 4.69) is 21.3 Å². The molecule has 4 aliphatic carbocycles. The smallest absolute Gasteiger partial charge is 0.191 e. The molecule has 4 fully saturated rings. The van der Waals surface area contributed by atoms with Crippen molar-refractivity contribution in [3.8, 4) is 0 Å². The highest BCUT2D eigenvalue weighted by Gasteiger charge is 2.51. The highest BCUT2D eigenvalue weighted by Crippen LogP contribution is 2.61. The first kappa shape index (κ1) is 18.4. The van der Waals surface area contributed by atoms with Gasteiger partial charge in [-0.2, -0.15) is 0 Å². The molecule has 4 bridgehead atoms. The van der Waals surface area contributed by atoms with E-state index in [9.17, 15) is 4.39 Å². The van der Waals surface area contributed by atoms with E-state index >= 15 is 0 Å². The number of thioether (sulfide) groups is 1. The second-order valence-corrected chi connectivity index (χ2v) is 10.3. The summed E-state index contributed by atoms with van der Waals surface area (Å²) in [5, 5.41) is 10.1. The number of benzene rings is 1. The van der Waals surface area contributed by atoms with Crippen LogP contribution in [0.2, 0.25) is 0 Å². The fourth-order valence-electron chi connectivity index (χ4n) is 6.44. The average Bonchev–Trinajstić information content (AvgIpc) is 3.01. The van der Waals surface area contributed by atoms with Crippen molar-refractivity contribution >= 4 is 11.8 Å². The minimum Gasteiger partial charge on any atom is -0.302 e. The normalized spacial score (nSPS) is 30.7. The van der Waals surface area contributed by atoms with Crippen LogP contribution >= 0.6 is 11.8 Å². The molecule has 6 rings (SSSR count). The number of halogens is 1. The summed E-state index contributed by atoms with van der Waals surface area (Å²) in [5.41, 5.74) is 1.56. The molecule has 148 valence electrons. The number of hydrogen-bond donors (Lipinski definition) is 0. The van der Waals surface area contributed by atoms with Gasteiger partial charge in [0.15, 0.2) is 5.16 Å². The molecule has 5 heteroatoms. The molecule has 4 saturated carbocycles. The van der Waals surface area contributed by atoms with Crippen LogP contribution in [-0.4, -0.2) is 14.8 Å². The first-order valence-corrected chi connectivity index (χ1v) is 11.5. The lowest BCUT2D eigenvalue weighted by Crippen LogP contribution is -2.47. The van der Waals surface area contributed by atoms with Gasteiger partial charge >= 0.3 is 0 Å². The lowest BCUT2D eigenvalue weighted by atomic mass is 9.49. The zero-order chi connectivity index (χ0) is 19.1. The molecule has 0 radical (unpaired) electrons. The van der Waals surface area contributed by atoms with Gasteiger partial charge in [0.1, 0.15) is 11.6 Å². The van der Waals surface area contributed by atoms with Gasteiger partial charge in [-0.15, -0.1) is 16.8 Å². The predicted octanol–water partition coefficient (Wildman–Crippen LogP) is 5.65. The topological polar surface area (TPSA) is 30.7 Å². The Morgan fingerprint density at radius 2 is 1.71 bits per heavy atom. The van der Waals surface area contributed by atoms with Gasteiger partial charge in [0.2, 0.25) is 0 Å². The largest absolute Gasteiger partial charge is 0.302 e. The van der Waals surface area contributed by atoms with E-state index in [0.29, 0.717) is 5.41 Å². The molecular formula is C23H28FN3S. The van der Waals surface area contributed by atoms with Crippen LogP contribution in [0.4, 0.5) is 4.39 Å². The lowest BCUT2D eigenvalue weighted by Gasteiger charge is -2.56. The molecule has 1 heterocycles. The van der Waals surface area contributed by atoms with Crippen LogP contribution in [0.25, 0.3) is 0 Å². The minimum absolute atomic E-state index is 0.193. The van der Waals surface area contributed by atoms with Gasteiger partial charge in [0, 0.05) is 18.7 Å². The summed E-state index contributed by atoms with van der Waals surface area (Å²) in [6.45, 7) is 4.70. The van der Waals surface area contributed by atoms with Gasteiger partial charge in [0.25, 0.3) is 0 Å². The molecule has 1 aromatic heterocycles. The van der Waals surface area contributed by atoms with Crippen molar-refractivity contribution < 1.29 is 4.39 Å². The van der Waals surface area contributed by atoms with Crippen LogP contribution in [0.15, 0.2) is 42.1 Å². The van der Waals surface area contributed by atoms with E-state index in [0.717, 1.165) is 53.0 Å². The lowest BCUT2D eigenvalue weighted by molar-refractivity contribution is -0.0535. The minimum atomic E-state index is -0.193. The van der Waals surface area contributed by atoms with Crippen molar-refractivity contribution in [1.29, 1.82) is 0 Å². The first-order chi connectivity index (χ1) is 13.6. The van der Waals surface area contributed by atoms with E-state index in [4.69, 9.17) is 0 Å². The molecule has 2 aromatic rings.